The summed E-state index contributed by atoms with van der Waals surface area (Å²) in [5.41, 5.74) is 0. The van der Waals surface area contributed by atoms with Crippen LogP contribution in [0.3, 0.4) is 0 Å². The Morgan fingerprint density at radius 3 is 2.25 bits per heavy atom. The summed E-state index contributed by atoms with van der Waals surface area (Å²) in [4.78, 5) is 16.7. The van der Waals surface area contributed by atoms with E-state index in [1.807, 2.05) is 11.9 Å². The van der Waals surface area contributed by atoms with Crippen molar-refractivity contribution in [1.82, 2.24) is 15.1 Å². The van der Waals surface area contributed by atoms with Crippen molar-refractivity contribution in [3.8, 4) is 0 Å². The topological polar surface area (TPSA) is 35.6 Å². The number of carbonyl (C=O) groups excluding carboxylic acids is 1. The molecule has 0 aliphatic carbocycles. The molecule has 0 aromatic rings. The van der Waals surface area contributed by atoms with Crippen LogP contribution in [-0.4, -0.2) is 61.5 Å². The van der Waals surface area contributed by atoms with E-state index in [4.69, 9.17) is 0 Å². The molecule has 1 rings (SSSR count). The molecule has 1 aliphatic heterocycles. The molecule has 1 heterocycles. The van der Waals surface area contributed by atoms with Gasteiger partial charge in [-0.05, 0) is 64.8 Å². The van der Waals surface area contributed by atoms with E-state index in [9.17, 15) is 4.79 Å². The first kappa shape index (κ1) is 17.4. The summed E-state index contributed by atoms with van der Waals surface area (Å²) in [6.07, 6.45) is 6.28. The smallest absolute Gasteiger partial charge is 0.222 e. The molecular formula is C16H33N3O. The fourth-order valence-corrected chi connectivity index (χ4v) is 3.00. The van der Waals surface area contributed by atoms with Crippen molar-refractivity contribution in [3.63, 3.8) is 0 Å². The van der Waals surface area contributed by atoms with Crippen molar-refractivity contribution in [2.75, 3.05) is 39.8 Å². The van der Waals surface area contributed by atoms with Crippen LogP contribution >= 0.6 is 0 Å². The average molecular weight is 283 g/mol. The van der Waals surface area contributed by atoms with E-state index in [2.05, 4.69) is 24.1 Å². The van der Waals surface area contributed by atoms with Crippen molar-refractivity contribution in [2.24, 2.45) is 0 Å². The molecule has 0 aromatic heterocycles. The number of rotatable bonds is 9. The maximum Gasteiger partial charge on any atom is 0.222 e. The Bertz CT molecular complexity index is 258. The molecule has 0 saturated carbocycles. The van der Waals surface area contributed by atoms with Crippen LogP contribution in [0.1, 0.15) is 52.4 Å². The molecule has 0 aromatic carbocycles. The van der Waals surface area contributed by atoms with E-state index < -0.39 is 0 Å². The molecule has 0 atom stereocenters. The second-order valence-electron chi connectivity index (χ2n) is 5.93. The predicted octanol–water partition coefficient (Wildman–Crippen LogP) is 2.10. The minimum atomic E-state index is 0.324. The molecule has 118 valence electrons. The van der Waals surface area contributed by atoms with Gasteiger partial charge >= 0.3 is 0 Å². The van der Waals surface area contributed by atoms with E-state index in [0.29, 0.717) is 18.4 Å². The van der Waals surface area contributed by atoms with Crippen molar-refractivity contribution < 1.29 is 4.79 Å². The lowest BCUT2D eigenvalue weighted by atomic mass is 10.0. The van der Waals surface area contributed by atoms with Gasteiger partial charge in [-0.25, -0.2) is 0 Å². The van der Waals surface area contributed by atoms with Gasteiger partial charge in [0.2, 0.25) is 5.91 Å². The van der Waals surface area contributed by atoms with Gasteiger partial charge in [0.25, 0.3) is 0 Å². The number of hydrogen-bond donors (Lipinski definition) is 1. The standard InChI is InChI=1S/C16H33N3O/c1-4-12-19(13-5-2)14-6-7-16(20)18(3)15-8-10-17-11-9-15/h15,17H,4-14H2,1-3H3. The third kappa shape index (κ3) is 6.23. The first-order valence-corrected chi connectivity index (χ1v) is 8.37. The molecule has 0 radical (unpaired) electrons. The van der Waals surface area contributed by atoms with Gasteiger partial charge in [-0.3, -0.25) is 4.79 Å². The van der Waals surface area contributed by atoms with Crippen LogP contribution in [-0.2, 0) is 4.79 Å². The number of piperidine rings is 1. The number of nitrogens with one attached hydrogen (secondary N) is 1. The fourth-order valence-electron chi connectivity index (χ4n) is 3.00. The summed E-state index contributed by atoms with van der Waals surface area (Å²) in [5, 5.41) is 3.35. The van der Waals surface area contributed by atoms with E-state index in [-0.39, 0.29) is 0 Å². The summed E-state index contributed by atoms with van der Waals surface area (Å²) >= 11 is 0. The zero-order valence-corrected chi connectivity index (χ0v) is 13.7. The van der Waals surface area contributed by atoms with Gasteiger partial charge < -0.3 is 15.1 Å². The molecule has 4 nitrogen and oxygen atoms in total. The average Bonchev–Trinajstić information content (AvgIpc) is 2.47. The fraction of sp³-hybridized carbons (Fsp3) is 0.938. The van der Waals surface area contributed by atoms with Gasteiger partial charge in [-0.15, -0.1) is 0 Å². The second-order valence-corrected chi connectivity index (χ2v) is 5.93. The normalized spacial score (nSPS) is 16.6. The van der Waals surface area contributed by atoms with Gasteiger partial charge in [0, 0.05) is 19.5 Å². The van der Waals surface area contributed by atoms with Gasteiger partial charge in [0.05, 0.1) is 0 Å². The molecule has 1 aliphatic rings. The predicted molar refractivity (Wildman–Crippen MR) is 84.9 cm³/mol. The van der Waals surface area contributed by atoms with E-state index in [0.717, 1.165) is 52.0 Å². The molecule has 1 fully saturated rings. The molecule has 1 saturated heterocycles. The first-order valence-electron chi connectivity index (χ1n) is 8.37. The lowest BCUT2D eigenvalue weighted by Gasteiger charge is -2.32. The van der Waals surface area contributed by atoms with E-state index >= 15 is 0 Å². The first-order chi connectivity index (χ1) is 9.69. The summed E-state index contributed by atoms with van der Waals surface area (Å²) < 4.78 is 0. The highest BCUT2D eigenvalue weighted by Gasteiger charge is 2.21. The lowest BCUT2D eigenvalue weighted by Crippen LogP contribution is -2.44. The quantitative estimate of drug-likeness (QED) is 0.704. The summed E-state index contributed by atoms with van der Waals surface area (Å²) in [6, 6.07) is 0.450. The van der Waals surface area contributed by atoms with Crippen LogP contribution in [0.25, 0.3) is 0 Å². The Balaban J connectivity index is 2.23. The van der Waals surface area contributed by atoms with Gasteiger partial charge in [-0.2, -0.15) is 0 Å². The highest BCUT2D eigenvalue weighted by atomic mass is 16.2. The summed E-state index contributed by atoms with van der Waals surface area (Å²) in [5.74, 6) is 0.324. The monoisotopic (exact) mass is 283 g/mol. The zero-order chi connectivity index (χ0) is 14.8. The van der Waals surface area contributed by atoms with Crippen LogP contribution in [0.4, 0.5) is 0 Å². The number of amides is 1. The zero-order valence-electron chi connectivity index (χ0n) is 13.7. The van der Waals surface area contributed by atoms with Crippen molar-refractivity contribution >= 4 is 5.91 Å². The Morgan fingerprint density at radius 2 is 1.70 bits per heavy atom. The van der Waals surface area contributed by atoms with Gasteiger partial charge in [0.15, 0.2) is 0 Å². The van der Waals surface area contributed by atoms with E-state index in [1.165, 1.54) is 12.8 Å². The Kier molecular flexibility index (Phi) is 8.86. The maximum atomic E-state index is 12.2. The molecule has 1 N–H and O–H groups in total. The third-order valence-electron chi connectivity index (χ3n) is 4.19. The minimum absolute atomic E-state index is 0.324. The van der Waals surface area contributed by atoms with Crippen LogP contribution < -0.4 is 5.32 Å². The van der Waals surface area contributed by atoms with Crippen molar-refractivity contribution in [3.05, 3.63) is 0 Å². The molecule has 1 amide bonds. The van der Waals surface area contributed by atoms with E-state index in [1.54, 1.807) is 0 Å². The third-order valence-corrected chi connectivity index (χ3v) is 4.19. The minimum Gasteiger partial charge on any atom is -0.343 e. The van der Waals surface area contributed by atoms with Crippen molar-refractivity contribution in [1.29, 1.82) is 0 Å². The largest absolute Gasteiger partial charge is 0.343 e. The van der Waals surface area contributed by atoms with Crippen LogP contribution in [0.2, 0.25) is 0 Å². The van der Waals surface area contributed by atoms with Gasteiger partial charge in [0.1, 0.15) is 0 Å². The summed E-state index contributed by atoms with van der Waals surface area (Å²) in [7, 11) is 1.98. The van der Waals surface area contributed by atoms with Crippen LogP contribution in [0.15, 0.2) is 0 Å². The Morgan fingerprint density at radius 1 is 1.10 bits per heavy atom. The number of carbonyl (C=O) groups is 1. The molecule has 0 spiro atoms. The Hall–Kier alpha value is -0.610. The highest BCUT2D eigenvalue weighted by molar-refractivity contribution is 5.76. The Labute approximate surface area is 124 Å². The van der Waals surface area contributed by atoms with Gasteiger partial charge in [-0.1, -0.05) is 13.8 Å². The van der Waals surface area contributed by atoms with Crippen LogP contribution in [0, 0.1) is 0 Å². The molecular weight excluding hydrogens is 250 g/mol. The molecule has 0 bridgehead atoms. The second kappa shape index (κ2) is 10.2. The molecule has 4 heteroatoms. The summed E-state index contributed by atoms with van der Waals surface area (Å²) in [6.45, 7) is 9.91. The van der Waals surface area contributed by atoms with Crippen LogP contribution in [0.5, 0.6) is 0 Å². The molecule has 20 heavy (non-hydrogen) atoms. The lowest BCUT2D eigenvalue weighted by molar-refractivity contribution is -0.132. The molecule has 0 unspecified atom stereocenters. The maximum absolute atomic E-state index is 12.2. The SMILES string of the molecule is CCCN(CCC)CCCC(=O)N(C)C1CCNCC1. The number of nitrogens with zero attached hydrogens (tertiary/aromatic N) is 2. The number of hydrogen-bond acceptors (Lipinski definition) is 3. The highest BCUT2D eigenvalue weighted by Crippen LogP contribution is 2.12. The van der Waals surface area contributed by atoms with Crippen molar-refractivity contribution in [2.45, 2.75) is 58.4 Å².